The van der Waals surface area contributed by atoms with Gasteiger partial charge in [-0.2, -0.15) is 0 Å². The van der Waals surface area contributed by atoms with Crippen molar-refractivity contribution >= 4 is 83.3 Å². The van der Waals surface area contributed by atoms with Crippen LogP contribution in [0.2, 0.25) is 0 Å². The molecule has 0 fully saturated rings. The van der Waals surface area contributed by atoms with Gasteiger partial charge in [-0.05, 0) is 6.42 Å². The summed E-state index contributed by atoms with van der Waals surface area (Å²) < 4.78 is 13.7. The van der Waals surface area contributed by atoms with Gasteiger partial charge >= 0.3 is 75.5 Å². The molecule has 0 aromatic heterocycles. The molecule has 0 aliphatic rings. The summed E-state index contributed by atoms with van der Waals surface area (Å²) >= 11 is 0. The molecule has 0 saturated carbocycles. The van der Waals surface area contributed by atoms with Crippen LogP contribution in [0.15, 0.2) is 0 Å². The van der Waals surface area contributed by atoms with E-state index in [2.05, 4.69) is 4.52 Å². The summed E-state index contributed by atoms with van der Waals surface area (Å²) in [6, 6.07) is 0. The molecule has 0 aliphatic carbocycles. The Morgan fingerprint density at radius 1 is 1.64 bits per heavy atom. The Morgan fingerprint density at radius 3 is 2.09 bits per heavy atom. The third kappa shape index (κ3) is 24.5. The van der Waals surface area contributed by atoms with Crippen molar-refractivity contribution in [2.24, 2.45) is 0 Å². The monoisotopic (exact) mass is 238 g/mol. The minimum Gasteiger partial charge on any atom is -1.00 e. The molecule has 0 radical (unpaired) electrons. The number of phosphoric acid groups is 1. The molecule has 5 nitrogen and oxygen atoms in total. The van der Waals surface area contributed by atoms with E-state index in [1.807, 2.05) is 0 Å². The van der Waals surface area contributed by atoms with Gasteiger partial charge < -0.3 is 22.6 Å². The number of rotatable bonds is 3. The van der Waals surface area contributed by atoms with E-state index in [0.29, 0.717) is 6.42 Å². The molecule has 0 saturated heterocycles. The van der Waals surface area contributed by atoms with E-state index in [9.17, 15) is 9.46 Å². The molecule has 0 aromatic rings. The van der Waals surface area contributed by atoms with E-state index in [-0.39, 0.29) is 90.4 Å². The van der Waals surface area contributed by atoms with Crippen LogP contribution >= 0.6 is 7.82 Å². The minimum atomic E-state index is -4.43. The second-order valence-electron chi connectivity index (χ2n) is 1.30. The van der Waals surface area contributed by atoms with Gasteiger partial charge in [0, 0.05) is 0 Å². The van der Waals surface area contributed by atoms with Crippen LogP contribution in [0.4, 0.5) is 0 Å². The van der Waals surface area contributed by atoms with Gasteiger partial charge in [0.2, 0.25) is 0 Å². The number of hydrogen-bond acceptors (Lipinski definition) is 4. The fourth-order valence-electron chi connectivity index (χ4n) is 0.207. The van der Waals surface area contributed by atoms with Gasteiger partial charge in [0.15, 0.2) is 0 Å². The molecule has 8 heteroatoms. The Bertz CT molecular complexity index is 112. The normalized spacial score (nSPS) is 13.0. The third-order valence-corrected chi connectivity index (χ3v) is 0.967. The summed E-state index contributed by atoms with van der Waals surface area (Å²) in [7, 11) is -4.43. The molecule has 0 rings (SSSR count). The Kier molecular flexibility index (Phi) is 26.8. The summed E-state index contributed by atoms with van der Waals surface area (Å²) in [6.07, 6.45) is 0.576. The van der Waals surface area contributed by atoms with E-state index < -0.39 is 7.82 Å². The quantitative estimate of drug-likeness (QED) is 0.510. The Balaban J connectivity index is -0.0000000245. The van der Waals surface area contributed by atoms with Gasteiger partial charge in [-0.25, -0.2) is 0 Å². The zero-order chi connectivity index (χ0) is 6.62. The molecule has 0 amide bonds. The van der Waals surface area contributed by atoms with Gasteiger partial charge in [-0.15, -0.1) is 0 Å². The second kappa shape index (κ2) is 12.6. The van der Waals surface area contributed by atoms with Gasteiger partial charge in [-0.3, -0.25) is 4.57 Å². The predicted molar refractivity (Wildman–Crippen MR) is 41.7 cm³/mol. The molecule has 0 aliphatic heterocycles. The average molecular weight is 238 g/mol. The molecular weight excluding hydrogens is 227 g/mol. The topological polar surface area (TPSA) is 99.6 Å². The first-order chi connectivity index (χ1) is 3.56. The smallest absolute Gasteiger partial charge is 1.00 e. The molecule has 62 valence electrons. The van der Waals surface area contributed by atoms with E-state index in [1.54, 1.807) is 6.92 Å². The molecule has 11 heavy (non-hydrogen) atoms. The SMILES string of the molecule is CCCOP(=O)([O-])O.[Ca+2].[Ca+2].[H-].[H-].[OH-]. The van der Waals surface area contributed by atoms with Crippen molar-refractivity contribution in [3.8, 4) is 0 Å². The van der Waals surface area contributed by atoms with Crippen LogP contribution in [-0.4, -0.2) is 92.5 Å². The Labute approximate surface area is 128 Å². The first-order valence-corrected chi connectivity index (χ1v) is 3.74. The van der Waals surface area contributed by atoms with Crippen molar-refractivity contribution in [2.75, 3.05) is 6.61 Å². The van der Waals surface area contributed by atoms with Crippen LogP contribution in [-0.2, 0) is 9.09 Å². The van der Waals surface area contributed by atoms with Crippen molar-refractivity contribution in [1.29, 1.82) is 0 Å². The maximum absolute atomic E-state index is 9.75. The van der Waals surface area contributed by atoms with Crippen LogP contribution in [0.3, 0.4) is 0 Å². The predicted octanol–water partition coefficient (Wildman–Crippen LogP) is -0.840. The maximum atomic E-state index is 9.75. The molecule has 0 spiro atoms. The number of hydrogen-bond donors (Lipinski definition) is 1. The Morgan fingerprint density at radius 2 is 2.00 bits per heavy atom. The van der Waals surface area contributed by atoms with E-state index in [1.165, 1.54) is 0 Å². The summed E-state index contributed by atoms with van der Waals surface area (Å²) in [5.74, 6) is 0. The van der Waals surface area contributed by atoms with Crippen LogP contribution in [0.25, 0.3) is 0 Å². The summed E-state index contributed by atoms with van der Waals surface area (Å²) in [5, 5.41) is 0. The van der Waals surface area contributed by atoms with Crippen LogP contribution in [0.5, 0.6) is 0 Å². The average Bonchev–Trinajstić information content (AvgIpc) is 1.59. The molecule has 1 atom stereocenters. The molecule has 0 heterocycles. The molecule has 0 bridgehead atoms. The van der Waals surface area contributed by atoms with E-state index in [0.717, 1.165) is 0 Å². The largest absolute Gasteiger partial charge is 2.00 e. The molecule has 1 unspecified atom stereocenters. The van der Waals surface area contributed by atoms with Crippen molar-refractivity contribution in [3.05, 3.63) is 0 Å². The van der Waals surface area contributed by atoms with E-state index >= 15 is 0 Å². The summed E-state index contributed by atoms with van der Waals surface area (Å²) in [4.78, 5) is 17.7. The molecule has 2 N–H and O–H groups in total. The van der Waals surface area contributed by atoms with E-state index in [4.69, 9.17) is 4.89 Å². The van der Waals surface area contributed by atoms with Gasteiger partial charge in [0.05, 0.1) is 6.61 Å². The van der Waals surface area contributed by atoms with Crippen LogP contribution in [0, 0.1) is 0 Å². The van der Waals surface area contributed by atoms with Crippen molar-refractivity contribution in [1.82, 2.24) is 0 Å². The van der Waals surface area contributed by atoms with Crippen molar-refractivity contribution in [2.45, 2.75) is 13.3 Å². The molecular formula is C3H11Ca2O5P. The second-order valence-corrected chi connectivity index (χ2v) is 2.50. The Hall–Kier alpha value is 2.59. The first kappa shape index (κ1) is 23.4. The fraction of sp³-hybridized carbons (Fsp3) is 1.00. The van der Waals surface area contributed by atoms with Gasteiger partial charge in [0.1, 0.15) is 0 Å². The molecule has 0 aromatic carbocycles. The standard InChI is InChI=1S/C3H9O4P.2Ca.H2O.2H/c1-2-3-7-8(4,5)6;;;;;/h2-3H2,1H3,(H2,4,5,6);;;1H2;;/q;2*+2;;2*-1/p-2. The zero-order valence-corrected chi connectivity index (χ0v) is 11.7. The zero-order valence-electron chi connectivity index (χ0n) is 8.39. The fourth-order valence-corrected chi connectivity index (χ4v) is 0.620. The maximum Gasteiger partial charge on any atom is 2.00 e. The first-order valence-electron chi connectivity index (χ1n) is 2.24. The number of phosphoric ester groups is 1. The summed E-state index contributed by atoms with van der Waals surface area (Å²) in [5.41, 5.74) is 0. The van der Waals surface area contributed by atoms with Crippen molar-refractivity contribution in [3.63, 3.8) is 0 Å². The third-order valence-electron chi connectivity index (χ3n) is 0.459. The van der Waals surface area contributed by atoms with Crippen LogP contribution in [0.1, 0.15) is 16.2 Å². The van der Waals surface area contributed by atoms with Gasteiger partial charge in [-0.1, -0.05) is 6.92 Å². The van der Waals surface area contributed by atoms with Gasteiger partial charge in [0.25, 0.3) is 7.82 Å². The minimum absolute atomic E-state index is 0. The van der Waals surface area contributed by atoms with Crippen molar-refractivity contribution < 1.29 is 27.2 Å². The summed E-state index contributed by atoms with van der Waals surface area (Å²) in [6.45, 7) is 1.80. The van der Waals surface area contributed by atoms with Crippen LogP contribution < -0.4 is 4.89 Å².